The first-order valence-corrected chi connectivity index (χ1v) is 8.02. The lowest BCUT2D eigenvalue weighted by Gasteiger charge is -2.02. The molecule has 27 heavy (non-hydrogen) atoms. The third kappa shape index (κ3) is 3.35. The fourth-order valence-corrected chi connectivity index (χ4v) is 2.59. The highest BCUT2D eigenvalue weighted by atomic mass is 19.1. The van der Waals surface area contributed by atoms with Crippen molar-refractivity contribution < 1.29 is 22.9 Å². The molecule has 134 valence electrons. The number of carbonyl (C=O) groups excluding carboxylic acids is 1. The summed E-state index contributed by atoms with van der Waals surface area (Å²) in [6.45, 7) is -0.233. The predicted octanol–water partition coefficient (Wildman–Crippen LogP) is 3.94. The zero-order chi connectivity index (χ0) is 18.8. The van der Waals surface area contributed by atoms with Crippen LogP contribution in [0.2, 0.25) is 0 Å². The van der Waals surface area contributed by atoms with E-state index < -0.39 is 17.4 Å². The molecule has 4 rings (SSSR count). The van der Waals surface area contributed by atoms with E-state index in [1.54, 1.807) is 42.5 Å². The Hall–Kier alpha value is -3.74. The summed E-state index contributed by atoms with van der Waals surface area (Å²) in [5, 5.41) is 4.36. The van der Waals surface area contributed by atoms with Crippen molar-refractivity contribution in [1.82, 2.24) is 5.16 Å². The standard InChI is InChI=1S/C20H12FNO5/c21-16-7-3-2-6-14(16)18-10-13(22-27-18)11-25-19(23)15-9-12-5-1-4-8-17(12)26-20(15)24/h1-10H,11H2. The highest BCUT2D eigenvalue weighted by molar-refractivity contribution is 5.92. The van der Waals surface area contributed by atoms with Crippen LogP contribution in [0.5, 0.6) is 0 Å². The fraction of sp³-hybridized carbons (Fsp3) is 0.0500. The van der Waals surface area contributed by atoms with Gasteiger partial charge in [-0.15, -0.1) is 0 Å². The van der Waals surface area contributed by atoms with Gasteiger partial charge in [-0.25, -0.2) is 14.0 Å². The molecule has 6 nitrogen and oxygen atoms in total. The Morgan fingerprint density at radius 1 is 1.07 bits per heavy atom. The van der Waals surface area contributed by atoms with Crippen molar-refractivity contribution in [2.75, 3.05) is 0 Å². The number of aromatic nitrogens is 1. The first-order chi connectivity index (χ1) is 13.1. The van der Waals surface area contributed by atoms with Gasteiger partial charge in [-0.3, -0.25) is 0 Å². The van der Waals surface area contributed by atoms with Crippen LogP contribution < -0.4 is 5.63 Å². The quantitative estimate of drug-likeness (QED) is 0.402. The van der Waals surface area contributed by atoms with Gasteiger partial charge in [0.05, 0.1) is 5.56 Å². The average molecular weight is 365 g/mol. The van der Waals surface area contributed by atoms with Crippen molar-refractivity contribution >= 4 is 16.9 Å². The Bertz CT molecular complexity index is 1190. The Labute approximate surface area is 151 Å². The molecule has 0 spiro atoms. The van der Waals surface area contributed by atoms with E-state index in [1.807, 2.05) is 0 Å². The van der Waals surface area contributed by atoms with Crippen molar-refractivity contribution in [3.05, 3.63) is 88.2 Å². The number of halogens is 1. The fourth-order valence-electron chi connectivity index (χ4n) is 2.59. The number of hydrogen-bond donors (Lipinski definition) is 0. The Kier molecular flexibility index (Phi) is 4.25. The van der Waals surface area contributed by atoms with Crippen LogP contribution in [-0.2, 0) is 11.3 Å². The summed E-state index contributed by atoms with van der Waals surface area (Å²) in [4.78, 5) is 24.2. The van der Waals surface area contributed by atoms with Gasteiger partial charge < -0.3 is 13.7 Å². The van der Waals surface area contributed by atoms with E-state index in [0.717, 1.165) is 0 Å². The van der Waals surface area contributed by atoms with E-state index >= 15 is 0 Å². The van der Waals surface area contributed by atoms with Crippen molar-refractivity contribution in [2.24, 2.45) is 0 Å². The molecule has 0 radical (unpaired) electrons. The van der Waals surface area contributed by atoms with Crippen LogP contribution in [0, 0.1) is 5.82 Å². The van der Waals surface area contributed by atoms with Gasteiger partial charge in [0.1, 0.15) is 29.3 Å². The smallest absolute Gasteiger partial charge is 0.351 e. The summed E-state index contributed by atoms with van der Waals surface area (Å²) in [5.74, 6) is -1.08. The van der Waals surface area contributed by atoms with E-state index in [2.05, 4.69) is 5.16 Å². The maximum atomic E-state index is 13.8. The normalized spacial score (nSPS) is 10.9. The minimum absolute atomic E-state index is 0.212. The molecule has 4 aromatic rings. The predicted molar refractivity (Wildman–Crippen MR) is 93.5 cm³/mol. The maximum Gasteiger partial charge on any atom is 0.351 e. The minimum atomic E-state index is -0.843. The summed E-state index contributed by atoms with van der Waals surface area (Å²) in [7, 11) is 0. The molecule has 2 aromatic carbocycles. The molecule has 2 heterocycles. The zero-order valence-electron chi connectivity index (χ0n) is 13.8. The van der Waals surface area contributed by atoms with E-state index in [0.29, 0.717) is 11.0 Å². The molecule has 0 aliphatic heterocycles. The van der Waals surface area contributed by atoms with Crippen molar-refractivity contribution in [3.8, 4) is 11.3 Å². The molecule has 0 amide bonds. The van der Waals surface area contributed by atoms with Crippen LogP contribution in [0.1, 0.15) is 16.1 Å². The number of benzene rings is 2. The Morgan fingerprint density at radius 3 is 2.70 bits per heavy atom. The van der Waals surface area contributed by atoms with Crippen molar-refractivity contribution in [2.45, 2.75) is 6.61 Å². The SMILES string of the molecule is O=C(OCc1cc(-c2ccccc2F)on1)c1cc2ccccc2oc1=O. The molecule has 0 aliphatic carbocycles. The highest BCUT2D eigenvalue weighted by Gasteiger charge is 2.17. The molecule has 0 unspecified atom stereocenters. The Balaban J connectivity index is 1.51. The summed E-state index contributed by atoms with van der Waals surface area (Å²) < 4.78 is 29.1. The molecular weight excluding hydrogens is 353 g/mol. The molecule has 0 atom stereocenters. The lowest BCUT2D eigenvalue weighted by molar-refractivity contribution is 0.0459. The van der Waals surface area contributed by atoms with Crippen LogP contribution >= 0.6 is 0 Å². The first-order valence-electron chi connectivity index (χ1n) is 8.02. The van der Waals surface area contributed by atoms with Crippen LogP contribution in [0.25, 0.3) is 22.3 Å². The number of para-hydroxylation sites is 1. The molecule has 0 fully saturated rings. The van der Waals surface area contributed by atoms with Gasteiger partial charge in [-0.1, -0.05) is 35.5 Å². The first kappa shape index (κ1) is 16.7. The molecule has 0 saturated carbocycles. The lowest BCUT2D eigenvalue weighted by atomic mass is 10.1. The third-order valence-corrected chi connectivity index (χ3v) is 3.91. The van der Waals surface area contributed by atoms with Gasteiger partial charge >= 0.3 is 11.6 Å². The van der Waals surface area contributed by atoms with Gasteiger partial charge in [0.2, 0.25) is 0 Å². The lowest BCUT2D eigenvalue weighted by Crippen LogP contribution is -2.16. The van der Waals surface area contributed by atoms with Gasteiger partial charge in [-0.05, 0) is 24.3 Å². The summed E-state index contributed by atoms with van der Waals surface area (Å²) in [5.41, 5.74) is -0.0907. The Morgan fingerprint density at radius 2 is 1.85 bits per heavy atom. The summed E-state index contributed by atoms with van der Waals surface area (Å²) in [6.07, 6.45) is 0. The highest BCUT2D eigenvalue weighted by Crippen LogP contribution is 2.23. The second kappa shape index (κ2) is 6.87. The van der Waals surface area contributed by atoms with Crippen LogP contribution in [0.15, 0.2) is 74.4 Å². The summed E-state index contributed by atoms with van der Waals surface area (Å²) in [6, 6.07) is 15.8. The zero-order valence-corrected chi connectivity index (χ0v) is 13.8. The van der Waals surface area contributed by atoms with Crippen molar-refractivity contribution in [3.63, 3.8) is 0 Å². The molecular formula is C20H12FNO5. The monoisotopic (exact) mass is 365 g/mol. The number of rotatable bonds is 4. The van der Waals surface area contributed by atoms with Gasteiger partial charge in [0.25, 0.3) is 0 Å². The number of fused-ring (bicyclic) bond motifs is 1. The molecule has 0 saturated heterocycles. The number of hydrogen-bond acceptors (Lipinski definition) is 6. The van der Waals surface area contributed by atoms with E-state index in [1.165, 1.54) is 18.2 Å². The van der Waals surface area contributed by atoms with E-state index in [9.17, 15) is 14.0 Å². The molecule has 2 aromatic heterocycles. The number of nitrogens with zero attached hydrogens (tertiary/aromatic N) is 1. The molecule has 0 aliphatic rings. The third-order valence-electron chi connectivity index (χ3n) is 3.91. The van der Waals surface area contributed by atoms with Gasteiger partial charge in [-0.2, -0.15) is 0 Å². The molecule has 0 bridgehead atoms. The average Bonchev–Trinajstić information content (AvgIpc) is 3.14. The van der Waals surface area contributed by atoms with Crippen LogP contribution in [0.4, 0.5) is 4.39 Å². The second-order valence-corrected chi connectivity index (χ2v) is 5.72. The summed E-state index contributed by atoms with van der Waals surface area (Å²) >= 11 is 0. The van der Waals surface area contributed by atoms with Crippen LogP contribution in [-0.4, -0.2) is 11.1 Å². The van der Waals surface area contributed by atoms with E-state index in [4.69, 9.17) is 13.7 Å². The van der Waals surface area contributed by atoms with Gasteiger partial charge in [0.15, 0.2) is 5.76 Å². The van der Waals surface area contributed by atoms with E-state index in [-0.39, 0.29) is 29.2 Å². The van der Waals surface area contributed by atoms with Crippen molar-refractivity contribution in [1.29, 1.82) is 0 Å². The largest absolute Gasteiger partial charge is 0.455 e. The second-order valence-electron chi connectivity index (χ2n) is 5.72. The molecule has 7 heteroatoms. The number of esters is 1. The number of ether oxygens (including phenoxy) is 1. The molecule has 0 N–H and O–H groups in total. The maximum absolute atomic E-state index is 13.8. The minimum Gasteiger partial charge on any atom is -0.455 e. The van der Waals surface area contributed by atoms with Crippen LogP contribution in [0.3, 0.4) is 0 Å². The number of carbonyl (C=O) groups is 1. The van der Waals surface area contributed by atoms with Gasteiger partial charge in [0, 0.05) is 11.5 Å². The topological polar surface area (TPSA) is 82.5 Å².